The van der Waals surface area contributed by atoms with Crippen LogP contribution in [0.5, 0.6) is 11.5 Å². The Balaban J connectivity index is 1.72. The van der Waals surface area contributed by atoms with Gasteiger partial charge in [-0.2, -0.15) is 0 Å². The number of hydrogen-bond donors (Lipinski definition) is 3. The van der Waals surface area contributed by atoms with Gasteiger partial charge in [0.1, 0.15) is 17.3 Å². The fourth-order valence-corrected chi connectivity index (χ4v) is 2.33. The molecular formula is C19H22FN3O4. The van der Waals surface area contributed by atoms with Gasteiger partial charge in [0, 0.05) is 31.3 Å². The van der Waals surface area contributed by atoms with Gasteiger partial charge in [0.15, 0.2) is 0 Å². The summed E-state index contributed by atoms with van der Waals surface area (Å²) in [6.45, 7) is 0.638. The molecule has 0 bridgehead atoms. The number of hydrogen-bond acceptors (Lipinski definition) is 4. The van der Waals surface area contributed by atoms with Gasteiger partial charge in [-0.1, -0.05) is 12.1 Å². The van der Waals surface area contributed by atoms with Gasteiger partial charge in [0.05, 0.1) is 19.8 Å². The van der Waals surface area contributed by atoms with Gasteiger partial charge in [-0.15, -0.1) is 0 Å². The zero-order valence-corrected chi connectivity index (χ0v) is 15.2. The van der Waals surface area contributed by atoms with Crippen molar-refractivity contribution in [3.63, 3.8) is 0 Å². The van der Waals surface area contributed by atoms with Gasteiger partial charge < -0.3 is 25.4 Å². The Morgan fingerprint density at radius 3 is 2.41 bits per heavy atom. The summed E-state index contributed by atoms with van der Waals surface area (Å²) in [6.07, 6.45) is 0. The second kappa shape index (κ2) is 10.0. The van der Waals surface area contributed by atoms with Crippen LogP contribution in [0.4, 0.5) is 9.18 Å². The van der Waals surface area contributed by atoms with E-state index in [1.54, 1.807) is 31.4 Å². The van der Waals surface area contributed by atoms with Crippen LogP contribution in [0, 0.1) is 5.82 Å². The van der Waals surface area contributed by atoms with Crippen molar-refractivity contribution < 1.29 is 23.5 Å². The summed E-state index contributed by atoms with van der Waals surface area (Å²) in [6, 6.07) is 10.6. The number of rotatable bonds is 8. The number of ether oxygens (including phenoxy) is 2. The molecule has 144 valence electrons. The minimum absolute atomic E-state index is 0.0337. The van der Waals surface area contributed by atoms with E-state index in [1.165, 1.54) is 25.3 Å². The molecule has 0 atom stereocenters. The summed E-state index contributed by atoms with van der Waals surface area (Å²) >= 11 is 0. The number of benzene rings is 2. The molecule has 0 aliphatic rings. The highest BCUT2D eigenvalue weighted by molar-refractivity contribution is 5.94. The molecule has 0 saturated carbocycles. The second-order valence-corrected chi connectivity index (χ2v) is 5.52. The van der Waals surface area contributed by atoms with Crippen LogP contribution in [-0.2, 0) is 6.54 Å². The van der Waals surface area contributed by atoms with Crippen molar-refractivity contribution in [1.29, 1.82) is 0 Å². The van der Waals surface area contributed by atoms with E-state index in [-0.39, 0.29) is 25.2 Å². The number of carbonyl (C=O) groups excluding carboxylic acids is 2. The zero-order valence-electron chi connectivity index (χ0n) is 15.2. The van der Waals surface area contributed by atoms with Crippen LogP contribution in [-0.4, -0.2) is 39.2 Å². The minimum atomic E-state index is -0.589. The van der Waals surface area contributed by atoms with Crippen molar-refractivity contribution in [3.8, 4) is 11.5 Å². The van der Waals surface area contributed by atoms with Crippen LogP contribution in [0.2, 0.25) is 0 Å². The lowest BCUT2D eigenvalue weighted by atomic mass is 10.2. The van der Waals surface area contributed by atoms with E-state index in [0.717, 1.165) is 5.56 Å². The quantitative estimate of drug-likeness (QED) is 0.617. The first-order valence-corrected chi connectivity index (χ1v) is 8.30. The van der Waals surface area contributed by atoms with Crippen LogP contribution in [0.25, 0.3) is 0 Å². The molecular weight excluding hydrogens is 353 g/mol. The largest absolute Gasteiger partial charge is 0.497 e. The molecule has 0 heterocycles. The topological polar surface area (TPSA) is 88.7 Å². The van der Waals surface area contributed by atoms with Gasteiger partial charge in [-0.3, -0.25) is 4.79 Å². The maximum atomic E-state index is 13.5. The number of halogens is 1. The Kier molecular flexibility index (Phi) is 7.42. The van der Waals surface area contributed by atoms with Gasteiger partial charge >= 0.3 is 6.03 Å². The lowest BCUT2D eigenvalue weighted by molar-refractivity contribution is 0.0950. The number of urea groups is 1. The fraction of sp³-hybridized carbons (Fsp3) is 0.263. The fourth-order valence-electron chi connectivity index (χ4n) is 2.33. The SMILES string of the molecule is COc1ccc(CNC(=O)NCCNC(=O)c2ccccc2F)c(OC)c1. The van der Waals surface area contributed by atoms with Crippen molar-refractivity contribution in [3.05, 3.63) is 59.4 Å². The van der Waals surface area contributed by atoms with E-state index in [9.17, 15) is 14.0 Å². The molecule has 0 fully saturated rings. The van der Waals surface area contributed by atoms with Crippen molar-refractivity contribution in [2.75, 3.05) is 27.3 Å². The summed E-state index contributed by atoms with van der Waals surface area (Å²) in [5.41, 5.74) is 0.759. The van der Waals surface area contributed by atoms with Crippen LogP contribution in [0.15, 0.2) is 42.5 Å². The maximum Gasteiger partial charge on any atom is 0.315 e. The molecule has 2 rings (SSSR count). The van der Waals surface area contributed by atoms with Crippen molar-refractivity contribution in [1.82, 2.24) is 16.0 Å². The first-order chi connectivity index (χ1) is 13.0. The van der Waals surface area contributed by atoms with Gasteiger partial charge in [-0.05, 0) is 24.3 Å². The second-order valence-electron chi connectivity index (χ2n) is 5.52. The lowest BCUT2D eigenvalue weighted by Gasteiger charge is -2.12. The zero-order chi connectivity index (χ0) is 19.6. The first kappa shape index (κ1) is 20.0. The Hall–Kier alpha value is -3.29. The normalized spacial score (nSPS) is 10.0. The maximum absolute atomic E-state index is 13.5. The Labute approximate surface area is 156 Å². The third-order valence-corrected chi connectivity index (χ3v) is 3.75. The van der Waals surface area contributed by atoms with Crippen LogP contribution in [0.3, 0.4) is 0 Å². The summed E-state index contributed by atoms with van der Waals surface area (Å²) in [7, 11) is 3.10. The number of amides is 3. The molecule has 0 saturated heterocycles. The summed E-state index contributed by atoms with van der Waals surface area (Å²) in [4.78, 5) is 23.7. The molecule has 2 aromatic rings. The monoisotopic (exact) mass is 375 g/mol. The van der Waals surface area contributed by atoms with Crippen LogP contribution in [0.1, 0.15) is 15.9 Å². The molecule has 0 aliphatic heterocycles. The van der Waals surface area contributed by atoms with Crippen LogP contribution >= 0.6 is 0 Å². The molecule has 0 unspecified atom stereocenters. The van der Waals surface area contributed by atoms with E-state index in [4.69, 9.17) is 9.47 Å². The summed E-state index contributed by atoms with van der Waals surface area (Å²) < 4.78 is 23.9. The van der Waals surface area contributed by atoms with Crippen molar-refractivity contribution >= 4 is 11.9 Å². The van der Waals surface area contributed by atoms with E-state index in [1.807, 2.05) is 0 Å². The third-order valence-electron chi connectivity index (χ3n) is 3.75. The van der Waals surface area contributed by atoms with Gasteiger partial charge in [0.25, 0.3) is 5.91 Å². The van der Waals surface area contributed by atoms with Crippen LogP contribution < -0.4 is 25.4 Å². The van der Waals surface area contributed by atoms with Crippen molar-refractivity contribution in [2.45, 2.75) is 6.54 Å². The lowest BCUT2D eigenvalue weighted by Crippen LogP contribution is -2.40. The average molecular weight is 375 g/mol. The highest BCUT2D eigenvalue weighted by atomic mass is 19.1. The van der Waals surface area contributed by atoms with E-state index in [0.29, 0.717) is 11.5 Å². The predicted octanol–water partition coefficient (Wildman–Crippen LogP) is 2.07. The smallest absolute Gasteiger partial charge is 0.315 e. The number of methoxy groups -OCH3 is 2. The molecule has 0 spiro atoms. The highest BCUT2D eigenvalue weighted by Crippen LogP contribution is 2.24. The molecule has 3 amide bonds. The standard InChI is InChI=1S/C19H22FN3O4/c1-26-14-8-7-13(17(11-14)27-2)12-23-19(25)22-10-9-21-18(24)15-5-3-4-6-16(15)20/h3-8,11H,9-10,12H2,1-2H3,(H,21,24)(H2,22,23,25). The molecule has 0 aromatic heterocycles. The molecule has 7 nitrogen and oxygen atoms in total. The Morgan fingerprint density at radius 1 is 0.963 bits per heavy atom. The molecule has 3 N–H and O–H groups in total. The Bertz CT molecular complexity index is 798. The first-order valence-electron chi connectivity index (χ1n) is 8.30. The highest BCUT2D eigenvalue weighted by Gasteiger charge is 2.10. The molecule has 0 aliphatic carbocycles. The van der Waals surface area contributed by atoms with E-state index in [2.05, 4.69) is 16.0 Å². The third kappa shape index (κ3) is 5.88. The van der Waals surface area contributed by atoms with Gasteiger partial charge in [0.2, 0.25) is 0 Å². The summed E-state index contributed by atoms with van der Waals surface area (Å²) in [5.74, 6) is 0.143. The molecule has 8 heteroatoms. The Morgan fingerprint density at radius 2 is 1.70 bits per heavy atom. The van der Waals surface area contributed by atoms with Gasteiger partial charge in [-0.25, -0.2) is 9.18 Å². The molecule has 0 radical (unpaired) electrons. The minimum Gasteiger partial charge on any atom is -0.497 e. The predicted molar refractivity (Wildman–Crippen MR) is 98.5 cm³/mol. The van der Waals surface area contributed by atoms with Crippen molar-refractivity contribution in [2.24, 2.45) is 0 Å². The number of carbonyl (C=O) groups is 2. The number of nitrogens with one attached hydrogen (secondary N) is 3. The summed E-state index contributed by atoms with van der Waals surface area (Å²) in [5, 5.41) is 7.85. The van der Waals surface area contributed by atoms with E-state index >= 15 is 0 Å². The van der Waals surface area contributed by atoms with E-state index < -0.39 is 17.8 Å². The molecule has 27 heavy (non-hydrogen) atoms. The molecule has 2 aromatic carbocycles. The average Bonchev–Trinajstić information content (AvgIpc) is 2.69.